The predicted molar refractivity (Wildman–Crippen MR) is 105 cm³/mol. The van der Waals surface area contributed by atoms with E-state index in [9.17, 15) is 4.79 Å². The molecule has 0 radical (unpaired) electrons. The van der Waals surface area contributed by atoms with E-state index in [1.807, 2.05) is 0 Å². The third kappa shape index (κ3) is 21.4. The minimum atomic E-state index is -0.658. The van der Waals surface area contributed by atoms with Crippen LogP contribution in [-0.2, 0) is 4.79 Å². The molecule has 0 aliphatic heterocycles. The van der Waals surface area contributed by atoms with Gasteiger partial charge < -0.3 is 10.4 Å². The first kappa shape index (κ1) is 23.4. The first-order valence-corrected chi connectivity index (χ1v) is 10.7. The van der Waals surface area contributed by atoms with Crippen LogP contribution in [0, 0.1) is 0 Å². The summed E-state index contributed by atoms with van der Waals surface area (Å²) in [6.07, 6.45) is 21.2. The number of nitrogens with one attached hydrogen (secondary N) is 1. The second kappa shape index (κ2) is 20.5. The standard InChI is InChI=1S/C21H43NO2/c1-2-3-4-5-6-10-13-16-19-22-20-17-14-11-8-7-9-12-15-18-21(23)24/h22H,2-20H2,1H3,(H,23,24). The molecule has 3 heteroatoms. The van der Waals surface area contributed by atoms with Crippen molar-refractivity contribution in [2.24, 2.45) is 0 Å². The summed E-state index contributed by atoms with van der Waals surface area (Å²) >= 11 is 0. The van der Waals surface area contributed by atoms with Crippen molar-refractivity contribution in [1.82, 2.24) is 5.32 Å². The summed E-state index contributed by atoms with van der Waals surface area (Å²) in [6, 6.07) is 0. The van der Waals surface area contributed by atoms with Crippen LogP contribution in [0.2, 0.25) is 0 Å². The van der Waals surface area contributed by atoms with Gasteiger partial charge in [0.1, 0.15) is 0 Å². The fourth-order valence-corrected chi connectivity index (χ4v) is 3.10. The maximum absolute atomic E-state index is 10.4. The Kier molecular flexibility index (Phi) is 20.0. The minimum absolute atomic E-state index is 0.338. The zero-order chi connectivity index (χ0) is 17.7. The molecule has 0 aliphatic rings. The van der Waals surface area contributed by atoms with E-state index in [-0.39, 0.29) is 0 Å². The number of hydrogen-bond donors (Lipinski definition) is 2. The lowest BCUT2D eigenvalue weighted by atomic mass is 10.1. The number of unbranched alkanes of at least 4 members (excludes halogenated alkanes) is 14. The third-order valence-corrected chi connectivity index (χ3v) is 4.70. The lowest BCUT2D eigenvalue weighted by Crippen LogP contribution is -2.16. The van der Waals surface area contributed by atoms with Crippen LogP contribution in [0.1, 0.15) is 116 Å². The molecule has 0 saturated carbocycles. The molecule has 0 unspecified atom stereocenters. The molecule has 0 heterocycles. The van der Waals surface area contributed by atoms with Crippen LogP contribution in [0.25, 0.3) is 0 Å². The lowest BCUT2D eigenvalue weighted by Gasteiger charge is -2.05. The van der Waals surface area contributed by atoms with Gasteiger partial charge in [0.2, 0.25) is 0 Å². The first-order valence-electron chi connectivity index (χ1n) is 10.7. The summed E-state index contributed by atoms with van der Waals surface area (Å²) in [7, 11) is 0. The Morgan fingerprint density at radius 3 is 1.42 bits per heavy atom. The highest BCUT2D eigenvalue weighted by Crippen LogP contribution is 2.10. The first-order chi connectivity index (χ1) is 11.8. The molecular weight excluding hydrogens is 298 g/mol. The predicted octanol–water partition coefficient (Wildman–Crippen LogP) is 6.31. The molecule has 24 heavy (non-hydrogen) atoms. The smallest absolute Gasteiger partial charge is 0.303 e. The average Bonchev–Trinajstić information content (AvgIpc) is 2.56. The molecule has 0 bridgehead atoms. The molecule has 0 amide bonds. The van der Waals surface area contributed by atoms with Crippen LogP contribution >= 0.6 is 0 Å². The Morgan fingerprint density at radius 1 is 0.625 bits per heavy atom. The van der Waals surface area contributed by atoms with Crippen molar-refractivity contribution in [3.05, 3.63) is 0 Å². The molecule has 144 valence electrons. The van der Waals surface area contributed by atoms with Crippen molar-refractivity contribution in [2.75, 3.05) is 13.1 Å². The number of carbonyl (C=O) groups is 1. The Balaban J connectivity index is 2.97. The Hall–Kier alpha value is -0.570. The highest BCUT2D eigenvalue weighted by molar-refractivity contribution is 5.66. The van der Waals surface area contributed by atoms with Gasteiger partial charge >= 0.3 is 5.97 Å². The van der Waals surface area contributed by atoms with Crippen molar-refractivity contribution < 1.29 is 9.90 Å². The van der Waals surface area contributed by atoms with Crippen LogP contribution < -0.4 is 5.32 Å². The Bertz CT molecular complexity index is 256. The van der Waals surface area contributed by atoms with Gasteiger partial charge in [-0.25, -0.2) is 0 Å². The molecule has 0 spiro atoms. The quantitative estimate of drug-likeness (QED) is 0.255. The number of hydrogen-bond acceptors (Lipinski definition) is 2. The van der Waals surface area contributed by atoms with Crippen LogP contribution in [-0.4, -0.2) is 24.2 Å². The van der Waals surface area contributed by atoms with Crippen molar-refractivity contribution >= 4 is 5.97 Å². The second-order valence-electron chi connectivity index (χ2n) is 7.20. The topological polar surface area (TPSA) is 49.3 Å². The lowest BCUT2D eigenvalue weighted by molar-refractivity contribution is -0.137. The van der Waals surface area contributed by atoms with Gasteiger partial charge in [0.15, 0.2) is 0 Å². The maximum atomic E-state index is 10.4. The van der Waals surface area contributed by atoms with E-state index in [4.69, 9.17) is 5.11 Å². The molecular formula is C21H43NO2. The Morgan fingerprint density at radius 2 is 1.00 bits per heavy atom. The summed E-state index contributed by atoms with van der Waals surface area (Å²) in [5, 5.41) is 12.1. The van der Waals surface area contributed by atoms with E-state index in [0.29, 0.717) is 6.42 Å². The molecule has 0 saturated heterocycles. The van der Waals surface area contributed by atoms with Gasteiger partial charge in [0.05, 0.1) is 0 Å². The van der Waals surface area contributed by atoms with Gasteiger partial charge in [-0.2, -0.15) is 0 Å². The van der Waals surface area contributed by atoms with Gasteiger partial charge in [-0.1, -0.05) is 90.4 Å². The highest BCUT2D eigenvalue weighted by atomic mass is 16.4. The van der Waals surface area contributed by atoms with E-state index in [0.717, 1.165) is 12.8 Å². The number of rotatable bonds is 20. The molecule has 0 aromatic rings. The van der Waals surface area contributed by atoms with E-state index < -0.39 is 5.97 Å². The van der Waals surface area contributed by atoms with E-state index in [1.54, 1.807) is 0 Å². The van der Waals surface area contributed by atoms with Crippen molar-refractivity contribution in [1.29, 1.82) is 0 Å². The molecule has 0 rings (SSSR count). The zero-order valence-corrected chi connectivity index (χ0v) is 16.3. The SMILES string of the molecule is CCCCCCCCCCNCCCCCCCCCCC(=O)O. The summed E-state index contributed by atoms with van der Waals surface area (Å²) < 4.78 is 0. The summed E-state index contributed by atoms with van der Waals surface area (Å²) in [4.78, 5) is 10.4. The van der Waals surface area contributed by atoms with Gasteiger partial charge in [-0.3, -0.25) is 4.79 Å². The average molecular weight is 342 g/mol. The van der Waals surface area contributed by atoms with Crippen LogP contribution in [0.4, 0.5) is 0 Å². The highest BCUT2D eigenvalue weighted by Gasteiger charge is 1.97. The molecule has 0 aliphatic carbocycles. The minimum Gasteiger partial charge on any atom is -0.481 e. The van der Waals surface area contributed by atoms with Gasteiger partial charge in [-0.05, 0) is 32.4 Å². The van der Waals surface area contributed by atoms with E-state index in [2.05, 4.69) is 12.2 Å². The van der Waals surface area contributed by atoms with E-state index >= 15 is 0 Å². The van der Waals surface area contributed by atoms with Crippen molar-refractivity contribution in [3.8, 4) is 0 Å². The van der Waals surface area contributed by atoms with Crippen LogP contribution in [0.5, 0.6) is 0 Å². The van der Waals surface area contributed by atoms with Gasteiger partial charge in [-0.15, -0.1) is 0 Å². The number of carboxylic acid groups (broad SMARTS) is 1. The number of aliphatic carboxylic acids is 1. The van der Waals surface area contributed by atoms with Crippen LogP contribution in [0.15, 0.2) is 0 Å². The normalized spacial score (nSPS) is 11.0. The fraction of sp³-hybridized carbons (Fsp3) is 0.952. The third-order valence-electron chi connectivity index (χ3n) is 4.70. The molecule has 0 aromatic carbocycles. The fourth-order valence-electron chi connectivity index (χ4n) is 3.10. The molecule has 0 aromatic heterocycles. The molecule has 0 fully saturated rings. The zero-order valence-electron chi connectivity index (χ0n) is 16.3. The van der Waals surface area contributed by atoms with Gasteiger partial charge in [0, 0.05) is 6.42 Å². The summed E-state index contributed by atoms with van der Waals surface area (Å²) in [5.41, 5.74) is 0. The Labute approximate surface area is 151 Å². The second-order valence-corrected chi connectivity index (χ2v) is 7.20. The largest absolute Gasteiger partial charge is 0.481 e. The van der Waals surface area contributed by atoms with E-state index in [1.165, 1.54) is 103 Å². The van der Waals surface area contributed by atoms with Crippen LogP contribution in [0.3, 0.4) is 0 Å². The molecule has 3 nitrogen and oxygen atoms in total. The number of carboxylic acids is 1. The molecule has 2 N–H and O–H groups in total. The summed E-state index contributed by atoms with van der Waals surface area (Å²) in [6.45, 7) is 4.64. The van der Waals surface area contributed by atoms with Crippen molar-refractivity contribution in [2.45, 2.75) is 116 Å². The maximum Gasteiger partial charge on any atom is 0.303 e. The summed E-state index contributed by atoms with van der Waals surface area (Å²) in [5.74, 6) is -0.658. The van der Waals surface area contributed by atoms with Gasteiger partial charge in [0.25, 0.3) is 0 Å². The molecule has 0 atom stereocenters. The van der Waals surface area contributed by atoms with Crippen molar-refractivity contribution in [3.63, 3.8) is 0 Å². The monoisotopic (exact) mass is 341 g/mol.